The minimum Gasteiger partial charge on any atom is -0.379 e. The Balaban J connectivity index is 1.26. The summed E-state index contributed by atoms with van der Waals surface area (Å²) in [5.41, 5.74) is 2.30. The molecule has 0 spiro atoms. The van der Waals surface area contributed by atoms with E-state index in [0.29, 0.717) is 23.2 Å². The van der Waals surface area contributed by atoms with Gasteiger partial charge < -0.3 is 19.9 Å². The van der Waals surface area contributed by atoms with Crippen molar-refractivity contribution in [3.63, 3.8) is 0 Å². The Kier molecular flexibility index (Phi) is 6.35. The number of hydrogen-bond acceptors (Lipinski definition) is 8. The van der Waals surface area contributed by atoms with E-state index in [-0.39, 0.29) is 18.4 Å². The number of morpholine rings is 1. The second kappa shape index (κ2) is 9.55. The Morgan fingerprint density at radius 1 is 1.24 bits per heavy atom. The molecule has 3 fully saturated rings. The lowest BCUT2D eigenvalue weighted by Crippen LogP contribution is -2.61. The molecule has 4 heterocycles. The minimum absolute atomic E-state index is 0.131. The topological polar surface area (TPSA) is 102 Å². The molecule has 1 aromatic heterocycles. The maximum absolute atomic E-state index is 12.9. The summed E-state index contributed by atoms with van der Waals surface area (Å²) in [4.78, 5) is 36.1. The highest BCUT2D eigenvalue weighted by atomic mass is 32.2. The number of anilines is 1. The first-order valence-corrected chi connectivity index (χ1v) is 12.3. The fourth-order valence-electron chi connectivity index (χ4n) is 4.52. The van der Waals surface area contributed by atoms with E-state index in [1.54, 1.807) is 24.0 Å². The summed E-state index contributed by atoms with van der Waals surface area (Å²) in [6, 6.07) is 9.92. The summed E-state index contributed by atoms with van der Waals surface area (Å²) >= 11 is 1.54. The molecule has 5 rings (SSSR count). The van der Waals surface area contributed by atoms with Crippen LogP contribution in [-0.2, 0) is 9.53 Å². The third-order valence-electron chi connectivity index (χ3n) is 6.51. The molecule has 172 valence electrons. The van der Waals surface area contributed by atoms with Crippen molar-refractivity contribution in [2.45, 2.75) is 12.1 Å². The molecular formula is C23H26N6O3S. The van der Waals surface area contributed by atoms with Crippen molar-refractivity contribution in [2.75, 3.05) is 62.5 Å². The van der Waals surface area contributed by atoms with Gasteiger partial charge in [-0.25, -0.2) is 0 Å². The van der Waals surface area contributed by atoms with E-state index in [1.165, 1.54) is 4.90 Å². The third-order valence-corrected chi connectivity index (χ3v) is 7.52. The van der Waals surface area contributed by atoms with Crippen molar-refractivity contribution < 1.29 is 14.3 Å². The Morgan fingerprint density at radius 3 is 2.85 bits per heavy atom. The van der Waals surface area contributed by atoms with Crippen LogP contribution in [0.2, 0.25) is 0 Å². The van der Waals surface area contributed by atoms with E-state index >= 15 is 0 Å². The van der Waals surface area contributed by atoms with Gasteiger partial charge in [-0.1, -0.05) is 0 Å². The number of benzene rings is 1. The molecule has 2 amide bonds. The van der Waals surface area contributed by atoms with Crippen LogP contribution in [-0.4, -0.2) is 96.2 Å². The van der Waals surface area contributed by atoms with E-state index in [0.717, 1.165) is 56.0 Å². The van der Waals surface area contributed by atoms with Crippen molar-refractivity contribution in [1.29, 1.82) is 5.26 Å². The summed E-state index contributed by atoms with van der Waals surface area (Å²) in [6.07, 6.45) is 1.61. The van der Waals surface area contributed by atoms with Gasteiger partial charge in [0.25, 0.3) is 5.91 Å². The average Bonchev–Trinajstić information content (AvgIpc) is 3.31. The Morgan fingerprint density at radius 2 is 2.06 bits per heavy atom. The number of nitrogens with zero attached hydrogens (tertiary/aromatic N) is 5. The molecule has 0 bridgehead atoms. The number of pyridine rings is 1. The summed E-state index contributed by atoms with van der Waals surface area (Å²) < 4.78 is 5.45. The van der Waals surface area contributed by atoms with Gasteiger partial charge in [0.2, 0.25) is 5.91 Å². The molecule has 9 nitrogen and oxygen atoms in total. The molecular weight excluding hydrogens is 440 g/mol. The molecule has 0 aliphatic carbocycles. The zero-order chi connectivity index (χ0) is 22.8. The minimum atomic E-state index is -0.429. The quantitative estimate of drug-likeness (QED) is 0.694. The molecule has 33 heavy (non-hydrogen) atoms. The molecule has 1 N–H and O–H groups in total. The first-order valence-electron chi connectivity index (χ1n) is 11.1. The van der Waals surface area contributed by atoms with E-state index in [4.69, 9.17) is 4.74 Å². The van der Waals surface area contributed by atoms with Crippen molar-refractivity contribution in [3.8, 4) is 6.07 Å². The first kappa shape index (κ1) is 21.9. The van der Waals surface area contributed by atoms with Gasteiger partial charge in [-0.15, -0.1) is 11.8 Å². The Labute approximate surface area is 196 Å². The monoisotopic (exact) mass is 466 g/mol. The number of nitrogens with one attached hydrogen (secondary N) is 1. The number of ether oxygens (including phenoxy) is 1. The predicted octanol–water partition coefficient (Wildman–Crippen LogP) is 0.910. The number of aromatic nitrogens is 1. The number of carbonyl (C=O) groups is 2. The highest BCUT2D eigenvalue weighted by Gasteiger charge is 2.33. The largest absolute Gasteiger partial charge is 0.379 e. The van der Waals surface area contributed by atoms with Crippen LogP contribution in [0.25, 0.3) is 10.9 Å². The number of fused-ring (bicyclic) bond motifs is 1. The van der Waals surface area contributed by atoms with Crippen molar-refractivity contribution >= 4 is 40.2 Å². The Hall–Kier alpha value is -2.87. The molecule has 1 atom stereocenters. The van der Waals surface area contributed by atoms with Gasteiger partial charge in [0.1, 0.15) is 6.04 Å². The van der Waals surface area contributed by atoms with E-state index in [2.05, 4.69) is 26.2 Å². The second-order valence-electron chi connectivity index (χ2n) is 8.46. The number of amides is 2. The van der Waals surface area contributed by atoms with Crippen molar-refractivity contribution in [2.24, 2.45) is 0 Å². The number of rotatable bonds is 5. The van der Waals surface area contributed by atoms with E-state index in [1.807, 2.05) is 18.2 Å². The zero-order valence-electron chi connectivity index (χ0n) is 18.3. The van der Waals surface area contributed by atoms with Gasteiger partial charge in [0, 0.05) is 55.2 Å². The summed E-state index contributed by atoms with van der Waals surface area (Å²) in [7, 11) is 0. The summed E-state index contributed by atoms with van der Waals surface area (Å²) in [5, 5.41) is 12.7. The highest BCUT2D eigenvalue weighted by molar-refractivity contribution is 7.99. The molecule has 0 radical (unpaired) electrons. The molecule has 3 saturated heterocycles. The summed E-state index contributed by atoms with van der Waals surface area (Å²) in [6.45, 7) is 5.34. The van der Waals surface area contributed by atoms with Crippen LogP contribution in [0, 0.1) is 11.3 Å². The number of nitriles is 1. The maximum atomic E-state index is 12.9. The number of carbonyl (C=O) groups excluding carboxylic acids is 2. The molecule has 0 saturated carbocycles. The third kappa shape index (κ3) is 4.49. The first-order chi connectivity index (χ1) is 16.1. The van der Waals surface area contributed by atoms with Gasteiger partial charge >= 0.3 is 0 Å². The summed E-state index contributed by atoms with van der Waals surface area (Å²) in [5.74, 6) is 0.531. The van der Waals surface area contributed by atoms with Crippen LogP contribution in [0.1, 0.15) is 10.4 Å². The molecule has 10 heteroatoms. The van der Waals surface area contributed by atoms with Crippen LogP contribution in [0.15, 0.2) is 30.5 Å². The normalized spacial score (nSPS) is 21.6. The van der Waals surface area contributed by atoms with Crippen molar-refractivity contribution in [3.05, 3.63) is 36.0 Å². The smallest absolute Gasteiger partial charge is 0.252 e. The van der Waals surface area contributed by atoms with E-state index in [9.17, 15) is 14.9 Å². The van der Waals surface area contributed by atoms with Crippen LogP contribution >= 0.6 is 11.8 Å². The fraction of sp³-hybridized carbons (Fsp3) is 0.478. The lowest BCUT2D eigenvalue weighted by atomic mass is 10.0. The SMILES string of the molecule is N#C[C@@H]1CSCN1C(=O)CNC(=O)c1ccnc2ccc(N3CC(N4CCOCC4)C3)cc12. The van der Waals surface area contributed by atoms with Crippen LogP contribution in [0.5, 0.6) is 0 Å². The lowest BCUT2D eigenvalue weighted by Gasteiger charge is -2.47. The van der Waals surface area contributed by atoms with Crippen LogP contribution in [0.4, 0.5) is 5.69 Å². The van der Waals surface area contributed by atoms with E-state index < -0.39 is 6.04 Å². The molecule has 3 aliphatic heterocycles. The van der Waals surface area contributed by atoms with Crippen LogP contribution in [0.3, 0.4) is 0 Å². The molecule has 0 unspecified atom stereocenters. The number of thioether (sulfide) groups is 1. The van der Waals surface area contributed by atoms with Gasteiger partial charge in [-0.3, -0.25) is 19.5 Å². The zero-order valence-corrected chi connectivity index (χ0v) is 19.1. The van der Waals surface area contributed by atoms with Gasteiger partial charge in [0.05, 0.1) is 42.8 Å². The number of hydrogen-bond donors (Lipinski definition) is 1. The lowest BCUT2D eigenvalue weighted by molar-refractivity contribution is -0.129. The average molecular weight is 467 g/mol. The van der Waals surface area contributed by atoms with Gasteiger partial charge in [0.15, 0.2) is 0 Å². The van der Waals surface area contributed by atoms with Gasteiger partial charge in [-0.2, -0.15) is 5.26 Å². The molecule has 3 aliphatic rings. The van der Waals surface area contributed by atoms with Gasteiger partial charge in [-0.05, 0) is 24.3 Å². The molecule has 2 aromatic rings. The standard InChI is InChI=1S/C23H26N6O3S/c24-10-17-14-33-15-29(17)22(30)11-26-23(31)19-3-4-25-21-2-1-16(9-20(19)21)28-12-18(13-28)27-5-7-32-8-6-27/h1-4,9,17-18H,5-8,11-15H2,(H,26,31)/t17-/m1/s1. The highest BCUT2D eigenvalue weighted by Crippen LogP contribution is 2.28. The van der Waals surface area contributed by atoms with Crippen LogP contribution < -0.4 is 10.2 Å². The fourth-order valence-corrected chi connectivity index (χ4v) is 5.62. The predicted molar refractivity (Wildman–Crippen MR) is 126 cm³/mol. The second-order valence-corrected chi connectivity index (χ2v) is 9.46. The maximum Gasteiger partial charge on any atom is 0.252 e. The molecule has 1 aromatic carbocycles. The Bertz CT molecular complexity index is 1090. The van der Waals surface area contributed by atoms with Crippen molar-refractivity contribution in [1.82, 2.24) is 20.1 Å².